The van der Waals surface area contributed by atoms with Crippen molar-refractivity contribution in [3.05, 3.63) is 35.6 Å². The minimum atomic E-state index is -0.414. The molecule has 0 saturated carbocycles. The van der Waals surface area contributed by atoms with Crippen molar-refractivity contribution in [3.8, 4) is 0 Å². The number of carbonyl (C=O) groups is 2. The van der Waals surface area contributed by atoms with Crippen molar-refractivity contribution in [1.82, 2.24) is 9.80 Å². The number of rotatable bonds is 3. The second kappa shape index (κ2) is 6.54. The highest BCUT2D eigenvalue weighted by Gasteiger charge is 2.49. The average molecular weight is 332 g/mol. The van der Waals surface area contributed by atoms with Crippen molar-refractivity contribution in [2.45, 2.75) is 39.7 Å². The molecule has 1 aromatic rings. The van der Waals surface area contributed by atoms with Crippen LogP contribution in [0.1, 0.15) is 38.7 Å². The van der Waals surface area contributed by atoms with Crippen LogP contribution < -0.4 is 0 Å². The fraction of sp³-hybridized carbons (Fsp3) is 0.579. The molecule has 2 fully saturated rings. The van der Waals surface area contributed by atoms with Crippen LogP contribution in [0.5, 0.6) is 0 Å². The maximum absolute atomic E-state index is 13.1. The molecule has 0 radical (unpaired) electrons. The Labute approximate surface area is 142 Å². The summed E-state index contributed by atoms with van der Waals surface area (Å²) in [5, 5.41) is 0. The molecule has 0 aromatic heterocycles. The van der Waals surface area contributed by atoms with Crippen molar-refractivity contribution in [2.75, 3.05) is 19.6 Å². The molecule has 2 amide bonds. The fourth-order valence-electron chi connectivity index (χ4n) is 3.92. The summed E-state index contributed by atoms with van der Waals surface area (Å²) >= 11 is 0. The van der Waals surface area contributed by atoms with E-state index in [-0.39, 0.29) is 23.5 Å². The van der Waals surface area contributed by atoms with Crippen LogP contribution in [-0.4, -0.2) is 41.2 Å². The van der Waals surface area contributed by atoms with E-state index < -0.39 is 5.41 Å². The van der Waals surface area contributed by atoms with Gasteiger partial charge in [0.05, 0.1) is 5.41 Å². The lowest BCUT2D eigenvalue weighted by Gasteiger charge is -2.39. The first-order valence-electron chi connectivity index (χ1n) is 8.74. The first kappa shape index (κ1) is 16.9. The Kier molecular flexibility index (Phi) is 4.61. The van der Waals surface area contributed by atoms with Gasteiger partial charge in [-0.2, -0.15) is 0 Å². The van der Waals surface area contributed by atoms with Crippen LogP contribution in [0, 0.1) is 17.2 Å². The standard InChI is InChI=1S/C19H25FN2O2/c1-14(2)17(23)22-11-9-19(13-22)8-3-10-21(18(19)24)12-15-4-6-16(20)7-5-15/h4-7,14H,3,8-13H2,1-2H3/t19-/m1/s1. The highest BCUT2D eigenvalue weighted by Crippen LogP contribution is 2.40. The molecule has 24 heavy (non-hydrogen) atoms. The fourth-order valence-corrected chi connectivity index (χ4v) is 3.92. The first-order valence-corrected chi connectivity index (χ1v) is 8.74. The number of hydrogen-bond acceptors (Lipinski definition) is 2. The van der Waals surface area contributed by atoms with Crippen LogP contribution in [-0.2, 0) is 16.1 Å². The molecule has 0 bridgehead atoms. The molecule has 0 aliphatic carbocycles. The smallest absolute Gasteiger partial charge is 0.230 e. The molecule has 2 heterocycles. The van der Waals surface area contributed by atoms with E-state index in [9.17, 15) is 14.0 Å². The van der Waals surface area contributed by atoms with E-state index in [2.05, 4.69) is 0 Å². The van der Waals surface area contributed by atoms with Gasteiger partial charge in [-0.15, -0.1) is 0 Å². The van der Waals surface area contributed by atoms with Crippen LogP contribution in [0.3, 0.4) is 0 Å². The SMILES string of the molecule is CC(C)C(=O)N1CC[C@]2(CCCN(Cc3ccc(F)cc3)C2=O)C1. The van der Waals surface area contributed by atoms with E-state index in [1.807, 2.05) is 23.6 Å². The van der Waals surface area contributed by atoms with Crippen LogP contribution >= 0.6 is 0 Å². The van der Waals surface area contributed by atoms with Crippen molar-refractivity contribution in [3.63, 3.8) is 0 Å². The normalized spacial score (nSPS) is 24.2. The van der Waals surface area contributed by atoms with Gasteiger partial charge in [0, 0.05) is 32.1 Å². The Balaban J connectivity index is 1.71. The molecule has 0 unspecified atom stereocenters. The van der Waals surface area contributed by atoms with E-state index in [1.54, 1.807) is 12.1 Å². The van der Waals surface area contributed by atoms with Crippen LogP contribution in [0.15, 0.2) is 24.3 Å². The third-order valence-electron chi connectivity index (χ3n) is 5.27. The monoisotopic (exact) mass is 332 g/mol. The number of halogens is 1. The number of hydrogen-bond donors (Lipinski definition) is 0. The molecule has 1 atom stereocenters. The maximum Gasteiger partial charge on any atom is 0.230 e. The summed E-state index contributed by atoms with van der Waals surface area (Å²) in [4.78, 5) is 29.0. The van der Waals surface area contributed by atoms with Crippen molar-refractivity contribution in [2.24, 2.45) is 11.3 Å². The molecule has 1 aromatic carbocycles. The summed E-state index contributed by atoms with van der Waals surface area (Å²) in [5.41, 5.74) is 0.526. The molecule has 2 aliphatic heterocycles. The maximum atomic E-state index is 13.1. The summed E-state index contributed by atoms with van der Waals surface area (Å²) in [5.74, 6) is -0.0135. The van der Waals surface area contributed by atoms with E-state index in [1.165, 1.54) is 12.1 Å². The van der Waals surface area contributed by atoms with Gasteiger partial charge in [0.2, 0.25) is 11.8 Å². The number of carbonyl (C=O) groups excluding carboxylic acids is 2. The number of nitrogens with zero attached hydrogens (tertiary/aromatic N) is 2. The lowest BCUT2D eigenvalue weighted by Crippen LogP contribution is -2.50. The molecular formula is C19H25FN2O2. The molecule has 2 aliphatic rings. The molecule has 2 saturated heterocycles. The van der Waals surface area contributed by atoms with E-state index >= 15 is 0 Å². The Hall–Kier alpha value is -1.91. The molecule has 5 heteroatoms. The Morgan fingerprint density at radius 2 is 1.92 bits per heavy atom. The third kappa shape index (κ3) is 3.17. The Morgan fingerprint density at radius 1 is 1.21 bits per heavy atom. The van der Waals surface area contributed by atoms with Gasteiger partial charge in [-0.1, -0.05) is 26.0 Å². The van der Waals surface area contributed by atoms with Gasteiger partial charge in [-0.3, -0.25) is 9.59 Å². The molecule has 130 valence electrons. The largest absolute Gasteiger partial charge is 0.341 e. The summed E-state index contributed by atoms with van der Waals surface area (Å²) in [6.45, 7) is 6.26. The molecule has 3 rings (SSSR count). The number of amides is 2. The average Bonchev–Trinajstić information content (AvgIpc) is 2.98. The molecule has 4 nitrogen and oxygen atoms in total. The highest BCUT2D eigenvalue weighted by molar-refractivity contribution is 5.86. The summed E-state index contributed by atoms with van der Waals surface area (Å²) in [7, 11) is 0. The zero-order chi connectivity index (χ0) is 17.3. The van der Waals surface area contributed by atoms with Crippen LogP contribution in [0.4, 0.5) is 4.39 Å². The van der Waals surface area contributed by atoms with Gasteiger partial charge < -0.3 is 9.80 Å². The molecular weight excluding hydrogens is 307 g/mol. The van der Waals surface area contributed by atoms with Gasteiger partial charge in [0.15, 0.2) is 0 Å². The van der Waals surface area contributed by atoms with Crippen molar-refractivity contribution < 1.29 is 14.0 Å². The zero-order valence-electron chi connectivity index (χ0n) is 14.4. The lowest BCUT2D eigenvalue weighted by atomic mass is 9.78. The Morgan fingerprint density at radius 3 is 2.58 bits per heavy atom. The molecule has 1 spiro atoms. The predicted octanol–water partition coefficient (Wildman–Crippen LogP) is 2.82. The van der Waals surface area contributed by atoms with Gasteiger partial charge in [-0.05, 0) is 37.0 Å². The summed E-state index contributed by atoms with van der Waals surface area (Å²) in [6.07, 6.45) is 2.56. The lowest BCUT2D eigenvalue weighted by molar-refractivity contribution is -0.147. The quantitative estimate of drug-likeness (QED) is 0.854. The summed E-state index contributed by atoms with van der Waals surface area (Å²) < 4.78 is 13.0. The van der Waals surface area contributed by atoms with Gasteiger partial charge in [-0.25, -0.2) is 4.39 Å². The zero-order valence-corrected chi connectivity index (χ0v) is 14.4. The second-order valence-electron chi connectivity index (χ2n) is 7.40. The van der Waals surface area contributed by atoms with Gasteiger partial charge in [0.25, 0.3) is 0 Å². The third-order valence-corrected chi connectivity index (χ3v) is 5.27. The number of piperidine rings is 1. The van der Waals surface area contributed by atoms with Crippen molar-refractivity contribution >= 4 is 11.8 Å². The number of likely N-dealkylation sites (tertiary alicyclic amines) is 2. The topological polar surface area (TPSA) is 40.6 Å². The van der Waals surface area contributed by atoms with Gasteiger partial charge >= 0.3 is 0 Å². The second-order valence-corrected chi connectivity index (χ2v) is 7.40. The Bertz CT molecular complexity index is 629. The summed E-state index contributed by atoms with van der Waals surface area (Å²) in [6, 6.07) is 6.32. The van der Waals surface area contributed by atoms with Crippen LogP contribution in [0.25, 0.3) is 0 Å². The first-order chi connectivity index (χ1) is 11.4. The predicted molar refractivity (Wildman–Crippen MR) is 89.5 cm³/mol. The minimum absolute atomic E-state index is 0.0332. The number of benzene rings is 1. The van der Waals surface area contributed by atoms with E-state index in [4.69, 9.17) is 0 Å². The van der Waals surface area contributed by atoms with E-state index in [0.29, 0.717) is 19.6 Å². The molecule has 0 N–H and O–H groups in total. The van der Waals surface area contributed by atoms with Crippen molar-refractivity contribution in [1.29, 1.82) is 0 Å². The van der Waals surface area contributed by atoms with Gasteiger partial charge in [0.1, 0.15) is 5.82 Å². The van der Waals surface area contributed by atoms with E-state index in [0.717, 1.165) is 31.4 Å². The highest BCUT2D eigenvalue weighted by atomic mass is 19.1. The minimum Gasteiger partial charge on any atom is -0.341 e. The van der Waals surface area contributed by atoms with Crippen LogP contribution in [0.2, 0.25) is 0 Å².